The van der Waals surface area contributed by atoms with Gasteiger partial charge in [0.25, 0.3) is 0 Å². The molecule has 2 heterocycles. The lowest BCUT2D eigenvalue weighted by atomic mass is 9.95. The van der Waals surface area contributed by atoms with Crippen LogP contribution in [0.2, 0.25) is 0 Å². The number of hydrogen-bond donors (Lipinski definition) is 2. The number of fused-ring (bicyclic) bond motifs is 1. The van der Waals surface area contributed by atoms with E-state index < -0.39 is 18.1 Å². The Labute approximate surface area is 151 Å². The first kappa shape index (κ1) is 17.8. The van der Waals surface area contributed by atoms with Crippen molar-refractivity contribution in [2.75, 3.05) is 20.8 Å². The maximum absolute atomic E-state index is 12.9. The van der Waals surface area contributed by atoms with E-state index in [0.29, 0.717) is 18.7 Å². The molecule has 2 aromatic rings. The Morgan fingerprint density at radius 1 is 1.35 bits per heavy atom. The molecule has 138 valence electrons. The first-order valence-corrected chi connectivity index (χ1v) is 8.36. The maximum Gasteiger partial charge on any atom is 0.328 e. The van der Waals surface area contributed by atoms with Gasteiger partial charge in [0.2, 0.25) is 0 Å². The fraction of sp³-hybridized carbons (Fsp3) is 0.389. The number of nitrogens with one attached hydrogen (secondary N) is 2. The number of nitrogens with zero attached hydrogens (tertiary/aromatic N) is 2. The van der Waals surface area contributed by atoms with E-state index in [9.17, 15) is 9.59 Å². The van der Waals surface area contributed by atoms with E-state index in [-0.39, 0.29) is 6.03 Å². The molecule has 26 heavy (non-hydrogen) atoms. The lowest BCUT2D eigenvalue weighted by molar-refractivity contribution is -0.142. The fourth-order valence-corrected chi connectivity index (χ4v) is 3.21. The van der Waals surface area contributed by atoms with E-state index in [2.05, 4.69) is 20.0 Å². The molecule has 1 aromatic heterocycles. The number of benzene rings is 1. The van der Waals surface area contributed by atoms with Crippen molar-refractivity contribution < 1.29 is 19.1 Å². The zero-order chi connectivity index (χ0) is 18.7. The number of rotatable bonds is 4. The summed E-state index contributed by atoms with van der Waals surface area (Å²) in [5.74, 6) is 0.178. The Morgan fingerprint density at radius 3 is 2.85 bits per heavy atom. The molecule has 0 saturated heterocycles. The third-order valence-corrected chi connectivity index (χ3v) is 4.51. The van der Waals surface area contributed by atoms with Gasteiger partial charge in [-0.2, -0.15) is 0 Å². The third kappa shape index (κ3) is 3.22. The van der Waals surface area contributed by atoms with Gasteiger partial charge in [-0.3, -0.25) is 0 Å². The fourth-order valence-electron chi connectivity index (χ4n) is 3.21. The van der Waals surface area contributed by atoms with E-state index in [1.165, 1.54) is 7.11 Å². The van der Waals surface area contributed by atoms with Crippen molar-refractivity contribution in [3.63, 3.8) is 0 Å². The van der Waals surface area contributed by atoms with Crippen LogP contribution in [0.4, 0.5) is 4.79 Å². The molecule has 0 aliphatic carbocycles. The number of para-hydroxylation sites is 1. The highest BCUT2D eigenvalue weighted by atomic mass is 16.5. The maximum atomic E-state index is 12.9. The van der Waals surface area contributed by atoms with Crippen molar-refractivity contribution >= 4 is 12.0 Å². The molecule has 2 atom stereocenters. The normalized spacial score (nSPS) is 17.2. The molecule has 0 saturated carbocycles. The molecule has 8 nitrogen and oxygen atoms in total. The van der Waals surface area contributed by atoms with E-state index in [4.69, 9.17) is 4.74 Å². The van der Waals surface area contributed by atoms with E-state index >= 15 is 0 Å². The SMILES string of the molecule is COC(=O)[C@H](C)NC(=O)N1CCc2[nH]cnc2C1c1ccccc1OC. The van der Waals surface area contributed by atoms with Crippen LogP contribution in [0, 0.1) is 0 Å². The number of hydrogen-bond acceptors (Lipinski definition) is 5. The summed E-state index contributed by atoms with van der Waals surface area (Å²) in [7, 11) is 2.89. The number of methoxy groups -OCH3 is 2. The second-order valence-corrected chi connectivity index (χ2v) is 6.05. The van der Waals surface area contributed by atoms with Gasteiger partial charge in [0, 0.05) is 24.2 Å². The molecule has 1 aliphatic heterocycles. The lowest BCUT2D eigenvalue weighted by Crippen LogP contribution is -2.50. The number of carbonyl (C=O) groups excluding carboxylic acids is 2. The van der Waals surface area contributed by atoms with Crippen LogP contribution in [-0.4, -0.2) is 53.7 Å². The van der Waals surface area contributed by atoms with Crippen LogP contribution in [0.1, 0.15) is 29.9 Å². The van der Waals surface area contributed by atoms with Crippen molar-refractivity contribution in [1.29, 1.82) is 0 Å². The molecule has 3 rings (SSSR count). The van der Waals surface area contributed by atoms with E-state index in [0.717, 1.165) is 17.0 Å². The molecule has 8 heteroatoms. The molecule has 2 amide bonds. The lowest BCUT2D eigenvalue weighted by Gasteiger charge is -2.36. The van der Waals surface area contributed by atoms with Crippen LogP contribution >= 0.6 is 0 Å². The summed E-state index contributed by atoms with van der Waals surface area (Å²) in [4.78, 5) is 33.8. The highest BCUT2D eigenvalue weighted by Gasteiger charge is 2.36. The number of amides is 2. The van der Waals surface area contributed by atoms with Crippen molar-refractivity contribution in [1.82, 2.24) is 20.2 Å². The highest BCUT2D eigenvalue weighted by molar-refractivity contribution is 5.83. The van der Waals surface area contributed by atoms with Crippen molar-refractivity contribution in [2.45, 2.75) is 25.4 Å². The van der Waals surface area contributed by atoms with Crippen LogP contribution < -0.4 is 10.1 Å². The predicted molar refractivity (Wildman–Crippen MR) is 93.8 cm³/mol. The minimum atomic E-state index is -0.744. The molecule has 0 spiro atoms. The van der Waals surface area contributed by atoms with Gasteiger partial charge < -0.3 is 24.7 Å². The number of esters is 1. The quantitative estimate of drug-likeness (QED) is 0.810. The average molecular weight is 358 g/mol. The minimum Gasteiger partial charge on any atom is -0.496 e. The Balaban J connectivity index is 1.96. The van der Waals surface area contributed by atoms with Crippen molar-refractivity contribution in [3.05, 3.63) is 47.5 Å². The number of H-pyrrole nitrogens is 1. The summed E-state index contributed by atoms with van der Waals surface area (Å²) in [5, 5.41) is 2.69. The zero-order valence-corrected chi connectivity index (χ0v) is 15.0. The van der Waals surface area contributed by atoms with Crippen LogP contribution in [0.3, 0.4) is 0 Å². The highest BCUT2D eigenvalue weighted by Crippen LogP contribution is 2.37. The Bertz CT molecular complexity index is 804. The summed E-state index contributed by atoms with van der Waals surface area (Å²) in [6.07, 6.45) is 2.28. The van der Waals surface area contributed by atoms with Crippen LogP contribution in [0.15, 0.2) is 30.6 Å². The Hall–Kier alpha value is -3.03. The van der Waals surface area contributed by atoms with Crippen LogP contribution in [-0.2, 0) is 16.0 Å². The third-order valence-electron chi connectivity index (χ3n) is 4.51. The van der Waals surface area contributed by atoms with Crippen LogP contribution in [0.5, 0.6) is 5.75 Å². The van der Waals surface area contributed by atoms with Gasteiger partial charge in [-0.05, 0) is 13.0 Å². The van der Waals surface area contributed by atoms with Crippen molar-refractivity contribution in [2.24, 2.45) is 0 Å². The van der Waals surface area contributed by atoms with Gasteiger partial charge in [-0.25, -0.2) is 14.6 Å². The molecule has 1 aliphatic rings. The first-order valence-electron chi connectivity index (χ1n) is 8.36. The van der Waals surface area contributed by atoms with Gasteiger partial charge in [0.1, 0.15) is 17.8 Å². The number of aromatic nitrogens is 2. The summed E-state index contributed by atoms with van der Waals surface area (Å²) in [5.41, 5.74) is 2.61. The summed E-state index contributed by atoms with van der Waals surface area (Å²) >= 11 is 0. The van der Waals surface area contributed by atoms with E-state index in [1.807, 2.05) is 24.3 Å². The van der Waals surface area contributed by atoms with Gasteiger partial charge in [-0.15, -0.1) is 0 Å². The second-order valence-electron chi connectivity index (χ2n) is 6.05. The smallest absolute Gasteiger partial charge is 0.328 e. The van der Waals surface area contributed by atoms with E-state index in [1.54, 1.807) is 25.3 Å². The molecule has 1 aromatic carbocycles. The molecular formula is C18H22N4O4. The molecule has 2 N–H and O–H groups in total. The molecule has 1 unspecified atom stereocenters. The Kier molecular flexibility index (Phi) is 5.11. The topological polar surface area (TPSA) is 96.6 Å². The second kappa shape index (κ2) is 7.47. The Morgan fingerprint density at radius 2 is 2.12 bits per heavy atom. The molecule has 0 bridgehead atoms. The summed E-state index contributed by atoms with van der Waals surface area (Å²) < 4.78 is 10.2. The predicted octanol–water partition coefficient (Wildman–Crippen LogP) is 1.64. The number of ether oxygens (including phenoxy) is 2. The number of urea groups is 1. The number of aromatic amines is 1. The van der Waals surface area contributed by atoms with Gasteiger partial charge >= 0.3 is 12.0 Å². The number of imidazole rings is 1. The average Bonchev–Trinajstić information content (AvgIpc) is 3.15. The summed E-state index contributed by atoms with van der Waals surface area (Å²) in [6.45, 7) is 2.07. The largest absolute Gasteiger partial charge is 0.496 e. The van der Waals surface area contributed by atoms with Gasteiger partial charge in [0.05, 0.1) is 26.2 Å². The standard InChI is InChI=1S/C18H22N4O4/c1-11(17(23)26-3)21-18(24)22-9-8-13-15(20-10-19-13)16(22)12-6-4-5-7-14(12)25-2/h4-7,10-11,16H,8-9H2,1-3H3,(H,19,20)(H,21,24)/t11-,16?/m0/s1. The minimum absolute atomic E-state index is 0.354. The molecule has 0 fully saturated rings. The van der Waals surface area contributed by atoms with Crippen molar-refractivity contribution in [3.8, 4) is 5.75 Å². The van der Waals surface area contributed by atoms with Gasteiger partial charge in [-0.1, -0.05) is 18.2 Å². The number of carbonyl (C=O) groups is 2. The first-order chi connectivity index (χ1) is 12.6. The monoisotopic (exact) mass is 358 g/mol. The summed E-state index contributed by atoms with van der Waals surface area (Å²) in [6, 6.07) is 6.03. The zero-order valence-electron chi connectivity index (χ0n) is 15.0. The molecular weight excluding hydrogens is 336 g/mol. The van der Waals surface area contributed by atoms with Gasteiger partial charge in [0.15, 0.2) is 0 Å². The van der Waals surface area contributed by atoms with Crippen LogP contribution in [0.25, 0.3) is 0 Å². The molecule has 0 radical (unpaired) electrons.